The number of hydrogen-bond acceptors (Lipinski definition) is 7. The zero-order valence-electron chi connectivity index (χ0n) is 24.9. The maximum atomic E-state index is 14.0. The first-order chi connectivity index (χ1) is 20.4. The standard InChI is InChI=1S/C27H40F2N5O8PS/c1-15(2)22(26(39)34-12-5-6-21(34)25(38)32-19(23(30)36)11-13-44-4)33-24(37)20(31-16(3)35)14-17-7-9-18(10-8-17)27(28,29)43(40,41)42/h7-10,15,19-22H,5-6,11-14H2,1-4H3,(H2,30,36)(H,31,35)(H,32,38)(H,33,37)(H2,40,41,42)/t19-,20-,21-,22-/m0/s1. The number of hydrogen-bond donors (Lipinski definition) is 6. The Bertz CT molecular complexity index is 1260. The molecule has 2 rings (SSSR count). The first-order valence-electron chi connectivity index (χ1n) is 13.9. The molecule has 0 unspecified atom stereocenters. The third-order valence-electron chi connectivity index (χ3n) is 7.14. The van der Waals surface area contributed by atoms with E-state index in [-0.39, 0.29) is 13.0 Å². The maximum absolute atomic E-state index is 14.0. The minimum Gasteiger partial charge on any atom is -0.368 e. The summed E-state index contributed by atoms with van der Waals surface area (Å²) in [7, 11) is -5.78. The van der Waals surface area contributed by atoms with Gasteiger partial charge in [0, 0.05) is 25.5 Å². The number of benzene rings is 1. The van der Waals surface area contributed by atoms with Gasteiger partial charge in [0.2, 0.25) is 29.5 Å². The predicted molar refractivity (Wildman–Crippen MR) is 159 cm³/mol. The number of carbonyl (C=O) groups excluding carboxylic acids is 5. The number of alkyl halides is 2. The van der Waals surface area contributed by atoms with Gasteiger partial charge in [0.15, 0.2) is 0 Å². The minimum atomic E-state index is -5.78. The highest BCUT2D eigenvalue weighted by molar-refractivity contribution is 7.98. The van der Waals surface area contributed by atoms with Crippen LogP contribution in [0.5, 0.6) is 0 Å². The fraction of sp³-hybridized carbons (Fsp3) is 0.593. The number of carbonyl (C=O) groups is 5. The smallest absolute Gasteiger partial charge is 0.368 e. The summed E-state index contributed by atoms with van der Waals surface area (Å²) in [5.74, 6) is -2.93. The Morgan fingerprint density at radius 2 is 1.70 bits per heavy atom. The summed E-state index contributed by atoms with van der Waals surface area (Å²) in [6.45, 7) is 4.78. The van der Waals surface area contributed by atoms with Gasteiger partial charge in [-0.1, -0.05) is 38.1 Å². The molecule has 1 aliphatic heterocycles. The lowest BCUT2D eigenvalue weighted by atomic mass is 9.99. The van der Waals surface area contributed by atoms with Crippen molar-refractivity contribution >= 4 is 48.9 Å². The Morgan fingerprint density at radius 1 is 1.09 bits per heavy atom. The van der Waals surface area contributed by atoms with E-state index < -0.39 is 78.4 Å². The summed E-state index contributed by atoms with van der Waals surface area (Å²) in [4.78, 5) is 83.1. The molecule has 13 nitrogen and oxygen atoms in total. The lowest BCUT2D eigenvalue weighted by Gasteiger charge is -2.32. The second-order valence-corrected chi connectivity index (χ2v) is 13.5. The summed E-state index contributed by atoms with van der Waals surface area (Å²) in [5, 5.41) is 7.74. The normalized spacial score (nSPS) is 17.5. The summed E-state index contributed by atoms with van der Waals surface area (Å²) >= 11 is 1.48. The van der Waals surface area contributed by atoms with Gasteiger partial charge < -0.3 is 36.4 Å². The van der Waals surface area contributed by atoms with Gasteiger partial charge in [-0.15, -0.1) is 0 Å². The fourth-order valence-electron chi connectivity index (χ4n) is 4.74. The summed E-state index contributed by atoms with van der Waals surface area (Å²) < 4.78 is 39.3. The molecule has 0 aromatic heterocycles. The molecule has 0 spiro atoms. The van der Waals surface area contributed by atoms with Crippen molar-refractivity contribution < 1.29 is 47.1 Å². The average molecular weight is 664 g/mol. The first-order valence-corrected chi connectivity index (χ1v) is 16.9. The molecule has 1 aromatic carbocycles. The van der Waals surface area contributed by atoms with Crippen molar-refractivity contribution in [3.05, 3.63) is 35.4 Å². The van der Waals surface area contributed by atoms with E-state index in [0.29, 0.717) is 30.6 Å². The SMILES string of the molecule is CSCC[C@H](NC(=O)[C@@H]1CCCN1C(=O)[C@@H](NC(=O)[C@H](Cc1ccc(C(F)(F)P(=O)(O)O)cc1)NC(C)=O)C(C)C)C(N)=O. The van der Waals surface area contributed by atoms with Crippen LogP contribution in [0.4, 0.5) is 8.78 Å². The largest absolute Gasteiger partial charge is 0.399 e. The number of halogens is 2. The van der Waals surface area contributed by atoms with Crippen molar-refractivity contribution in [3.63, 3.8) is 0 Å². The molecule has 4 atom stereocenters. The molecule has 1 saturated heterocycles. The second-order valence-electron chi connectivity index (χ2n) is 10.9. The second kappa shape index (κ2) is 15.8. The van der Waals surface area contributed by atoms with Gasteiger partial charge in [-0.2, -0.15) is 20.5 Å². The molecule has 246 valence electrons. The van der Waals surface area contributed by atoms with Crippen LogP contribution in [0.3, 0.4) is 0 Å². The van der Waals surface area contributed by atoms with Crippen LogP contribution in [0.15, 0.2) is 24.3 Å². The summed E-state index contributed by atoms with van der Waals surface area (Å²) in [6.07, 6.45) is 2.84. The minimum absolute atomic E-state index is 0.189. The number of thioether (sulfide) groups is 1. The molecule has 7 N–H and O–H groups in total. The van der Waals surface area contributed by atoms with E-state index in [1.807, 2.05) is 6.26 Å². The quantitative estimate of drug-likeness (QED) is 0.147. The van der Waals surface area contributed by atoms with Crippen LogP contribution in [-0.2, 0) is 40.6 Å². The highest BCUT2D eigenvalue weighted by Crippen LogP contribution is 2.59. The summed E-state index contributed by atoms with van der Waals surface area (Å²) in [5.41, 5.74) is 0.395. The molecule has 1 aliphatic rings. The van der Waals surface area contributed by atoms with Crippen molar-refractivity contribution in [3.8, 4) is 0 Å². The zero-order valence-corrected chi connectivity index (χ0v) is 26.6. The van der Waals surface area contributed by atoms with Gasteiger partial charge >= 0.3 is 13.3 Å². The van der Waals surface area contributed by atoms with Crippen LogP contribution in [0.25, 0.3) is 0 Å². The van der Waals surface area contributed by atoms with Crippen LogP contribution in [0, 0.1) is 5.92 Å². The number of likely N-dealkylation sites (tertiary alicyclic amines) is 1. The Kier molecular flexibility index (Phi) is 13.3. The van der Waals surface area contributed by atoms with Gasteiger partial charge in [0.05, 0.1) is 0 Å². The number of nitrogens with one attached hydrogen (secondary N) is 3. The van der Waals surface area contributed by atoms with Crippen LogP contribution in [-0.4, -0.2) is 86.9 Å². The van der Waals surface area contributed by atoms with Crippen molar-refractivity contribution in [2.75, 3.05) is 18.6 Å². The predicted octanol–water partition coefficient (Wildman–Crippen LogP) is 0.816. The topological polar surface area (TPSA) is 208 Å². The Hall–Kier alpha value is -3.07. The van der Waals surface area contributed by atoms with Crippen molar-refractivity contribution in [2.45, 2.75) is 76.3 Å². The molecule has 17 heteroatoms. The maximum Gasteiger partial charge on any atom is 0.399 e. The van der Waals surface area contributed by atoms with Crippen LogP contribution >= 0.6 is 19.4 Å². The molecule has 0 radical (unpaired) electrons. The van der Waals surface area contributed by atoms with Crippen LogP contribution in [0.2, 0.25) is 0 Å². The molecule has 0 bridgehead atoms. The molecule has 5 amide bonds. The van der Waals surface area contributed by atoms with Crippen molar-refractivity contribution in [1.82, 2.24) is 20.9 Å². The van der Waals surface area contributed by atoms with Gasteiger partial charge in [-0.05, 0) is 42.8 Å². The Balaban J connectivity index is 2.21. The number of rotatable bonds is 15. The van der Waals surface area contributed by atoms with E-state index in [1.165, 1.54) is 23.6 Å². The van der Waals surface area contributed by atoms with Gasteiger partial charge in [-0.3, -0.25) is 28.5 Å². The Labute approximate surface area is 258 Å². The van der Waals surface area contributed by atoms with Gasteiger partial charge in [0.1, 0.15) is 24.2 Å². The van der Waals surface area contributed by atoms with E-state index in [9.17, 15) is 37.3 Å². The Morgan fingerprint density at radius 3 is 2.20 bits per heavy atom. The molecule has 1 fully saturated rings. The number of primary amides is 1. The van der Waals surface area contributed by atoms with Crippen LogP contribution in [0.1, 0.15) is 51.2 Å². The monoisotopic (exact) mass is 663 g/mol. The molecular formula is C27H40F2N5O8PS. The summed E-state index contributed by atoms with van der Waals surface area (Å²) in [6, 6.07) is -0.174. The molecule has 0 aliphatic carbocycles. The van der Waals surface area contributed by atoms with E-state index in [1.54, 1.807) is 13.8 Å². The molecule has 1 heterocycles. The molecule has 44 heavy (non-hydrogen) atoms. The average Bonchev–Trinajstić information content (AvgIpc) is 3.42. The lowest BCUT2D eigenvalue weighted by Crippen LogP contribution is -2.59. The lowest BCUT2D eigenvalue weighted by molar-refractivity contribution is -0.143. The number of nitrogens with zero attached hydrogens (tertiary/aromatic N) is 1. The third kappa shape index (κ3) is 9.71. The third-order valence-corrected chi connectivity index (χ3v) is 8.77. The number of nitrogens with two attached hydrogens (primary N) is 1. The number of amides is 5. The van der Waals surface area contributed by atoms with Crippen molar-refractivity contribution in [2.24, 2.45) is 11.7 Å². The van der Waals surface area contributed by atoms with E-state index in [4.69, 9.17) is 15.5 Å². The van der Waals surface area contributed by atoms with Crippen LogP contribution < -0.4 is 21.7 Å². The first kappa shape index (κ1) is 37.1. The van der Waals surface area contributed by atoms with E-state index >= 15 is 0 Å². The van der Waals surface area contributed by atoms with Crippen molar-refractivity contribution in [1.29, 1.82) is 0 Å². The van der Waals surface area contributed by atoms with E-state index in [2.05, 4.69) is 16.0 Å². The highest BCUT2D eigenvalue weighted by Gasteiger charge is 2.50. The fourth-order valence-corrected chi connectivity index (χ4v) is 5.69. The highest BCUT2D eigenvalue weighted by atomic mass is 32.2. The molecular weight excluding hydrogens is 623 g/mol. The van der Waals surface area contributed by atoms with Gasteiger partial charge in [-0.25, -0.2) is 0 Å². The molecule has 0 saturated carbocycles. The van der Waals surface area contributed by atoms with Gasteiger partial charge in [0.25, 0.3) is 0 Å². The van der Waals surface area contributed by atoms with E-state index in [0.717, 1.165) is 24.3 Å². The zero-order chi connectivity index (χ0) is 33.4. The molecule has 1 aromatic rings.